The Morgan fingerprint density at radius 2 is 1.69 bits per heavy atom. The number of hydrogen-bond acceptors (Lipinski definition) is 5. The lowest BCUT2D eigenvalue weighted by Gasteiger charge is -2.47. The molecule has 26 heavy (non-hydrogen) atoms. The number of ether oxygens (including phenoxy) is 4. The molecule has 2 aliphatic heterocycles. The van der Waals surface area contributed by atoms with E-state index in [-0.39, 0.29) is 12.0 Å². The Kier molecular flexibility index (Phi) is 5.33. The van der Waals surface area contributed by atoms with Gasteiger partial charge in [0.05, 0.1) is 19.3 Å². The predicted octanol–water partition coefficient (Wildman–Crippen LogP) is 3.04. The standard InChI is InChI=1S/C21H24O5/c1-14-18(22)19-17(13-24-21(26-19)16-10-6-3-7-11-16)25-20(14)23-12-15-8-4-2-5-9-15/h2-11,14,17-22H,12-13H2,1H3/t14?,17?,18?,19-,20+,21?/m1/s1. The van der Waals surface area contributed by atoms with Crippen molar-refractivity contribution in [2.24, 2.45) is 5.92 Å². The Labute approximate surface area is 153 Å². The summed E-state index contributed by atoms with van der Waals surface area (Å²) in [5, 5.41) is 10.8. The van der Waals surface area contributed by atoms with Crippen LogP contribution in [0.25, 0.3) is 0 Å². The van der Waals surface area contributed by atoms with Gasteiger partial charge < -0.3 is 24.1 Å². The zero-order chi connectivity index (χ0) is 17.9. The molecule has 5 heteroatoms. The Morgan fingerprint density at radius 3 is 2.42 bits per heavy atom. The molecule has 4 unspecified atom stereocenters. The van der Waals surface area contributed by atoms with Gasteiger partial charge in [-0.25, -0.2) is 0 Å². The SMILES string of the molecule is CC1C(O)[C@@H]2OC(c3ccccc3)OCC2O[C@@H]1OCc1ccccc1. The topological polar surface area (TPSA) is 57.2 Å². The summed E-state index contributed by atoms with van der Waals surface area (Å²) >= 11 is 0. The second-order valence-electron chi connectivity index (χ2n) is 6.87. The highest BCUT2D eigenvalue weighted by Gasteiger charge is 2.48. The molecule has 2 aromatic carbocycles. The van der Waals surface area contributed by atoms with Crippen molar-refractivity contribution >= 4 is 0 Å². The summed E-state index contributed by atoms with van der Waals surface area (Å²) in [6, 6.07) is 19.7. The smallest absolute Gasteiger partial charge is 0.184 e. The van der Waals surface area contributed by atoms with Crippen LogP contribution in [0, 0.1) is 5.92 Å². The van der Waals surface area contributed by atoms with Gasteiger partial charge in [0.25, 0.3) is 0 Å². The first-order valence-electron chi connectivity index (χ1n) is 9.03. The normalized spacial score (nSPS) is 34.2. The van der Waals surface area contributed by atoms with Crippen LogP contribution in [0.2, 0.25) is 0 Å². The highest BCUT2D eigenvalue weighted by atomic mass is 16.7. The van der Waals surface area contributed by atoms with Gasteiger partial charge in [0.1, 0.15) is 12.2 Å². The molecule has 6 atom stereocenters. The van der Waals surface area contributed by atoms with Gasteiger partial charge >= 0.3 is 0 Å². The summed E-state index contributed by atoms with van der Waals surface area (Å²) in [6.45, 7) is 2.72. The van der Waals surface area contributed by atoms with E-state index in [4.69, 9.17) is 18.9 Å². The van der Waals surface area contributed by atoms with Crippen LogP contribution in [0.5, 0.6) is 0 Å². The van der Waals surface area contributed by atoms with Crippen molar-refractivity contribution in [3.05, 3.63) is 71.8 Å². The van der Waals surface area contributed by atoms with Gasteiger partial charge in [-0.3, -0.25) is 0 Å². The van der Waals surface area contributed by atoms with Crippen molar-refractivity contribution in [3.63, 3.8) is 0 Å². The van der Waals surface area contributed by atoms with E-state index in [2.05, 4.69) is 0 Å². The third kappa shape index (κ3) is 3.68. The fraction of sp³-hybridized carbons (Fsp3) is 0.429. The first-order valence-corrected chi connectivity index (χ1v) is 9.03. The molecule has 1 N–H and O–H groups in total. The maximum atomic E-state index is 10.8. The zero-order valence-electron chi connectivity index (χ0n) is 14.7. The van der Waals surface area contributed by atoms with Gasteiger partial charge in [-0.05, 0) is 5.56 Å². The lowest BCUT2D eigenvalue weighted by Crippen LogP contribution is -2.59. The number of rotatable bonds is 4. The quantitative estimate of drug-likeness (QED) is 0.913. The van der Waals surface area contributed by atoms with Crippen molar-refractivity contribution in [3.8, 4) is 0 Å². The van der Waals surface area contributed by atoms with Gasteiger partial charge in [-0.15, -0.1) is 0 Å². The molecule has 4 rings (SSSR count). The number of aliphatic hydroxyl groups is 1. The van der Waals surface area contributed by atoms with Crippen molar-refractivity contribution < 1.29 is 24.1 Å². The lowest BCUT2D eigenvalue weighted by atomic mass is 9.91. The molecule has 2 saturated heterocycles. The van der Waals surface area contributed by atoms with Crippen LogP contribution >= 0.6 is 0 Å². The second kappa shape index (κ2) is 7.86. The van der Waals surface area contributed by atoms with Gasteiger partial charge in [0, 0.05) is 11.5 Å². The van der Waals surface area contributed by atoms with Crippen molar-refractivity contribution in [1.82, 2.24) is 0 Å². The van der Waals surface area contributed by atoms with E-state index < -0.39 is 24.8 Å². The van der Waals surface area contributed by atoms with Crippen LogP contribution in [0.1, 0.15) is 24.3 Å². The van der Waals surface area contributed by atoms with E-state index in [1.54, 1.807) is 0 Å². The van der Waals surface area contributed by atoms with Crippen molar-refractivity contribution in [2.75, 3.05) is 6.61 Å². The summed E-state index contributed by atoms with van der Waals surface area (Å²) in [5.74, 6) is -0.200. The average Bonchev–Trinajstić information content (AvgIpc) is 2.71. The summed E-state index contributed by atoms with van der Waals surface area (Å²) in [6.07, 6.45) is -2.43. The summed E-state index contributed by atoms with van der Waals surface area (Å²) < 4.78 is 23.8. The molecule has 2 fully saturated rings. The summed E-state index contributed by atoms with van der Waals surface area (Å²) in [4.78, 5) is 0. The van der Waals surface area contributed by atoms with Crippen LogP contribution in [-0.2, 0) is 25.6 Å². The van der Waals surface area contributed by atoms with E-state index in [0.717, 1.165) is 11.1 Å². The van der Waals surface area contributed by atoms with E-state index in [0.29, 0.717) is 13.2 Å². The highest BCUT2D eigenvalue weighted by Crippen LogP contribution is 2.36. The third-order valence-electron chi connectivity index (χ3n) is 5.00. The van der Waals surface area contributed by atoms with Crippen LogP contribution in [0.15, 0.2) is 60.7 Å². The minimum absolute atomic E-state index is 0.200. The number of benzene rings is 2. The summed E-state index contributed by atoms with van der Waals surface area (Å²) in [5.41, 5.74) is 2.01. The van der Waals surface area contributed by atoms with E-state index in [9.17, 15) is 5.11 Å². The number of aliphatic hydroxyl groups excluding tert-OH is 1. The second-order valence-corrected chi connectivity index (χ2v) is 6.87. The lowest BCUT2D eigenvalue weighted by molar-refractivity contribution is -0.353. The van der Waals surface area contributed by atoms with Gasteiger partial charge in [-0.1, -0.05) is 67.6 Å². The molecule has 0 radical (unpaired) electrons. The molecular formula is C21H24O5. The predicted molar refractivity (Wildman–Crippen MR) is 95.1 cm³/mol. The molecule has 0 aromatic heterocycles. The molecule has 2 heterocycles. The Balaban J connectivity index is 1.40. The van der Waals surface area contributed by atoms with E-state index >= 15 is 0 Å². The molecule has 0 bridgehead atoms. The first kappa shape index (κ1) is 17.6. The molecule has 0 aliphatic carbocycles. The molecule has 2 aliphatic rings. The fourth-order valence-corrected chi connectivity index (χ4v) is 3.45. The van der Waals surface area contributed by atoms with Crippen molar-refractivity contribution in [1.29, 1.82) is 0 Å². The molecular weight excluding hydrogens is 332 g/mol. The molecule has 2 aromatic rings. The fourth-order valence-electron chi connectivity index (χ4n) is 3.45. The van der Waals surface area contributed by atoms with Gasteiger partial charge in [-0.2, -0.15) is 0 Å². The zero-order valence-corrected chi connectivity index (χ0v) is 14.7. The van der Waals surface area contributed by atoms with E-state index in [1.165, 1.54) is 0 Å². The van der Waals surface area contributed by atoms with Crippen LogP contribution in [-0.4, -0.2) is 36.3 Å². The van der Waals surface area contributed by atoms with E-state index in [1.807, 2.05) is 67.6 Å². The average molecular weight is 356 g/mol. The van der Waals surface area contributed by atoms with Crippen molar-refractivity contribution in [2.45, 2.75) is 44.4 Å². The first-order chi connectivity index (χ1) is 12.7. The van der Waals surface area contributed by atoms with Crippen LogP contribution < -0.4 is 0 Å². The number of hydrogen-bond donors (Lipinski definition) is 1. The molecule has 0 amide bonds. The monoisotopic (exact) mass is 356 g/mol. The maximum absolute atomic E-state index is 10.8. The Bertz CT molecular complexity index is 690. The Hall–Kier alpha value is -1.76. The minimum atomic E-state index is -0.676. The molecule has 5 nitrogen and oxygen atoms in total. The third-order valence-corrected chi connectivity index (χ3v) is 5.00. The summed E-state index contributed by atoms with van der Waals surface area (Å²) in [7, 11) is 0. The Morgan fingerprint density at radius 1 is 1.00 bits per heavy atom. The van der Waals surface area contributed by atoms with Crippen LogP contribution in [0.4, 0.5) is 0 Å². The molecule has 0 spiro atoms. The minimum Gasteiger partial charge on any atom is -0.390 e. The highest BCUT2D eigenvalue weighted by molar-refractivity contribution is 5.17. The molecule has 138 valence electrons. The van der Waals surface area contributed by atoms with Gasteiger partial charge in [0.15, 0.2) is 12.6 Å². The number of fused-ring (bicyclic) bond motifs is 1. The molecule has 0 saturated carbocycles. The van der Waals surface area contributed by atoms with Crippen LogP contribution in [0.3, 0.4) is 0 Å². The maximum Gasteiger partial charge on any atom is 0.184 e. The largest absolute Gasteiger partial charge is 0.390 e. The van der Waals surface area contributed by atoms with Gasteiger partial charge in [0.2, 0.25) is 0 Å².